The van der Waals surface area contributed by atoms with Crippen LogP contribution in [-0.2, 0) is 4.79 Å². The topological polar surface area (TPSA) is 127 Å². The number of benzene rings is 1. The van der Waals surface area contributed by atoms with Gasteiger partial charge in [-0.3, -0.25) is 4.79 Å². The van der Waals surface area contributed by atoms with Gasteiger partial charge < -0.3 is 25.1 Å². The summed E-state index contributed by atoms with van der Waals surface area (Å²) in [5.74, 6) is 0.682. The van der Waals surface area contributed by atoms with E-state index in [2.05, 4.69) is 42.1 Å². The van der Waals surface area contributed by atoms with Crippen molar-refractivity contribution in [3.63, 3.8) is 0 Å². The van der Waals surface area contributed by atoms with E-state index < -0.39 is 12.3 Å². The molecule has 4 aromatic rings. The maximum absolute atomic E-state index is 14.0. The van der Waals surface area contributed by atoms with Crippen LogP contribution in [0.1, 0.15) is 6.42 Å². The van der Waals surface area contributed by atoms with E-state index in [9.17, 15) is 9.18 Å². The quantitative estimate of drug-likeness (QED) is 0.347. The molecule has 0 saturated carbocycles. The Morgan fingerprint density at radius 2 is 2.09 bits per heavy atom. The molecule has 4 heterocycles. The zero-order valence-corrected chi connectivity index (χ0v) is 18.6. The summed E-state index contributed by atoms with van der Waals surface area (Å²) >= 11 is 0. The van der Waals surface area contributed by atoms with Crippen molar-refractivity contribution in [3.05, 3.63) is 61.7 Å². The molecule has 0 aliphatic carbocycles. The Hall–Kier alpha value is -4.38. The lowest BCUT2D eigenvalue weighted by Crippen LogP contribution is -2.44. The summed E-state index contributed by atoms with van der Waals surface area (Å²) in [5, 5.41) is 5.67. The number of carbonyl (C=O) groups is 1. The molecule has 10 nitrogen and oxygen atoms in total. The van der Waals surface area contributed by atoms with Crippen LogP contribution in [0.4, 0.5) is 10.1 Å². The zero-order chi connectivity index (χ0) is 24.2. The fourth-order valence-corrected chi connectivity index (χ4v) is 3.67. The average molecular weight is 475 g/mol. The largest absolute Gasteiger partial charge is 0.470 e. The third kappa shape index (κ3) is 5.09. The van der Waals surface area contributed by atoms with Crippen LogP contribution < -0.4 is 20.1 Å². The van der Waals surface area contributed by atoms with Gasteiger partial charge in [-0.15, -0.1) is 0 Å². The number of fused-ring (bicyclic) bond motifs is 1. The van der Waals surface area contributed by atoms with E-state index in [0.717, 1.165) is 0 Å². The minimum Gasteiger partial charge on any atom is -0.470 e. The van der Waals surface area contributed by atoms with Crippen LogP contribution in [-0.4, -0.2) is 56.2 Å². The molecule has 0 unspecified atom stereocenters. The van der Waals surface area contributed by atoms with Crippen LogP contribution in [0, 0.1) is 0 Å². The molecule has 3 N–H and O–H groups in total. The Morgan fingerprint density at radius 3 is 2.89 bits per heavy atom. The summed E-state index contributed by atoms with van der Waals surface area (Å²) in [4.78, 5) is 32.2. The molecule has 1 fully saturated rings. The maximum atomic E-state index is 14.0. The number of hydrogen-bond acceptors (Lipinski definition) is 8. The lowest BCUT2D eigenvalue weighted by molar-refractivity contribution is -0.111. The Morgan fingerprint density at radius 1 is 1.20 bits per heavy atom. The number of H-pyrrole nitrogens is 1. The number of alkyl halides is 1. The van der Waals surface area contributed by atoms with Crippen molar-refractivity contribution >= 4 is 22.8 Å². The zero-order valence-electron chi connectivity index (χ0n) is 18.6. The van der Waals surface area contributed by atoms with Gasteiger partial charge >= 0.3 is 0 Å². The van der Waals surface area contributed by atoms with Gasteiger partial charge in [-0.2, -0.15) is 0 Å². The number of ether oxygens (including phenoxy) is 2. The van der Waals surface area contributed by atoms with Crippen molar-refractivity contribution in [1.29, 1.82) is 0 Å². The van der Waals surface area contributed by atoms with E-state index in [1.54, 1.807) is 36.7 Å². The molecule has 5 rings (SSSR count). The molecular weight excluding hydrogens is 453 g/mol. The summed E-state index contributed by atoms with van der Waals surface area (Å²) in [6.45, 7) is 4.40. The van der Waals surface area contributed by atoms with Gasteiger partial charge in [-0.25, -0.2) is 24.3 Å². The first-order chi connectivity index (χ1) is 17.1. The van der Waals surface area contributed by atoms with Gasteiger partial charge in [0.15, 0.2) is 5.65 Å². The third-order valence-electron chi connectivity index (χ3n) is 5.39. The molecular formula is C24H22FN7O3. The third-order valence-corrected chi connectivity index (χ3v) is 5.39. The smallest absolute Gasteiger partial charge is 0.247 e. The van der Waals surface area contributed by atoms with E-state index in [1.165, 1.54) is 18.5 Å². The number of piperidine rings is 1. The highest BCUT2D eigenvalue weighted by Crippen LogP contribution is 2.29. The molecule has 35 heavy (non-hydrogen) atoms. The van der Waals surface area contributed by atoms with Crippen molar-refractivity contribution in [3.8, 4) is 28.8 Å². The molecule has 1 aromatic carbocycles. The first-order valence-electron chi connectivity index (χ1n) is 11.0. The van der Waals surface area contributed by atoms with Crippen molar-refractivity contribution in [2.75, 3.05) is 18.4 Å². The monoisotopic (exact) mass is 475 g/mol. The molecule has 1 saturated heterocycles. The molecule has 1 aliphatic heterocycles. The summed E-state index contributed by atoms with van der Waals surface area (Å²) in [5.41, 5.74) is 2.88. The van der Waals surface area contributed by atoms with Crippen molar-refractivity contribution in [2.45, 2.75) is 18.7 Å². The number of aromatic nitrogens is 5. The fourth-order valence-electron chi connectivity index (χ4n) is 3.67. The van der Waals surface area contributed by atoms with Crippen molar-refractivity contribution < 1.29 is 18.7 Å². The maximum Gasteiger partial charge on any atom is 0.247 e. The van der Waals surface area contributed by atoms with E-state index in [1.807, 2.05) is 0 Å². The predicted molar refractivity (Wildman–Crippen MR) is 127 cm³/mol. The number of nitrogens with zero attached hydrogens (tertiary/aromatic N) is 4. The molecule has 11 heteroatoms. The van der Waals surface area contributed by atoms with Crippen LogP contribution in [0.25, 0.3) is 22.4 Å². The number of rotatable bonds is 7. The summed E-state index contributed by atoms with van der Waals surface area (Å²) in [7, 11) is 0. The first-order valence-corrected chi connectivity index (χ1v) is 11.0. The molecule has 178 valence electrons. The van der Waals surface area contributed by atoms with E-state index in [-0.39, 0.29) is 24.2 Å². The second-order valence-electron chi connectivity index (χ2n) is 7.84. The number of carbonyl (C=O) groups excluding carboxylic acids is 1. The van der Waals surface area contributed by atoms with Crippen LogP contribution >= 0.6 is 0 Å². The van der Waals surface area contributed by atoms with Gasteiger partial charge in [-0.05, 0) is 31.2 Å². The second kappa shape index (κ2) is 9.85. The van der Waals surface area contributed by atoms with E-state index >= 15 is 0 Å². The first kappa shape index (κ1) is 22.4. The lowest BCUT2D eigenvalue weighted by atomic mass is 10.1. The molecule has 1 amide bonds. The number of nitrogens with one attached hydrogen (secondary N) is 3. The second-order valence-corrected chi connectivity index (χ2v) is 7.84. The minimum atomic E-state index is -1.09. The lowest BCUT2D eigenvalue weighted by Gasteiger charge is -2.26. The summed E-state index contributed by atoms with van der Waals surface area (Å²) < 4.78 is 25.5. The summed E-state index contributed by atoms with van der Waals surface area (Å²) in [6.07, 6.45) is 6.36. The van der Waals surface area contributed by atoms with Crippen LogP contribution in [0.2, 0.25) is 0 Å². The standard InChI is InChI=1S/C24H22FN7O3/c1-2-20(33)31-14-4-3-5-15(8-14)34-22-13-30-24-23(32-22)16(9-29-24)18-11-28-21(12-27-18)35-19-6-7-26-10-17(19)25/h2-5,8-9,11-13,17,19,26H,1,6-7,10H2,(H,29,30)(H,31,33)/t17-,19+/m1/s1. The molecule has 0 spiro atoms. The molecule has 0 bridgehead atoms. The Kier molecular flexibility index (Phi) is 6.31. The number of anilines is 1. The fraction of sp³-hybridized carbons (Fsp3) is 0.208. The van der Waals surface area contributed by atoms with Gasteiger partial charge in [0.2, 0.25) is 17.7 Å². The number of amides is 1. The van der Waals surface area contributed by atoms with E-state index in [4.69, 9.17) is 9.47 Å². The summed E-state index contributed by atoms with van der Waals surface area (Å²) in [6, 6.07) is 6.89. The highest BCUT2D eigenvalue weighted by atomic mass is 19.1. The van der Waals surface area contributed by atoms with Crippen LogP contribution in [0.5, 0.6) is 17.5 Å². The van der Waals surface area contributed by atoms with Gasteiger partial charge in [0, 0.05) is 30.1 Å². The highest BCUT2D eigenvalue weighted by molar-refractivity contribution is 5.99. The van der Waals surface area contributed by atoms with E-state index in [0.29, 0.717) is 46.8 Å². The highest BCUT2D eigenvalue weighted by Gasteiger charge is 2.26. The SMILES string of the molecule is C=CC(=O)Nc1cccc(Oc2cnc3[nH]cc(-c4cnc(O[C@H]5CCNC[C@H]5F)cn4)c3n2)c1. The van der Waals surface area contributed by atoms with Gasteiger partial charge in [0.25, 0.3) is 0 Å². The van der Waals surface area contributed by atoms with Gasteiger partial charge in [0.1, 0.15) is 23.5 Å². The van der Waals surface area contributed by atoms with Crippen LogP contribution in [0.3, 0.4) is 0 Å². The molecule has 0 radical (unpaired) electrons. The van der Waals surface area contributed by atoms with Crippen molar-refractivity contribution in [2.24, 2.45) is 0 Å². The normalized spacial score (nSPS) is 17.6. The molecule has 1 aliphatic rings. The van der Waals surface area contributed by atoms with Gasteiger partial charge in [0.05, 0.1) is 24.3 Å². The molecule has 3 aromatic heterocycles. The Bertz CT molecular complexity index is 1360. The molecule has 2 atom stereocenters. The van der Waals surface area contributed by atoms with Crippen molar-refractivity contribution in [1.82, 2.24) is 30.2 Å². The number of aromatic amines is 1. The Labute approximate surface area is 199 Å². The minimum absolute atomic E-state index is 0.262. The van der Waals surface area contributed by atoms with Crippen LogP contribution in [0.15, 0.2) is 61.7 Å². The number of halogens is 1. The number of hydrogen-bond donors (Lipinski definition) is 3. The average Bonchev–Trinajstić information content (AvgIpc) is 3.29. The predicted octanol–water partition coefficient (Wildman–Crippen LogP) is 3.41. The Balaban J connectivity index is 1.34. The van der Waals surface area contributed by atoms with Gasteiger partial charge in [-0.1, -0.05) is 12.6 Å².